The summed E-state index contributed by atoms with van der Waals surface area (Å²) in [5.74, 6) is -0.00420. The van der Waals surface area contributed by atoms with Gasteiger partial charge in [0.25, 0.3) is 12.3 Å². The zero-order valence-electron chi connectivity index (χ0n) is 14.5. The topological polar surface area (TPSA) is 46.9 Å². The molecule has 4 rings (SSSR count). The van der Waals surface area contributed by atoms with Gasteiger partial charge in [-0.2, -0.15) is 5.10 Å². The third kappa shape index (κ3) is 2.61. The first kappa shape index (κ1) is 18.4. The van der Waals surface area contributed by atoms with Gasteiger partial charge in [0.1, 0.15) is 10.2 Å². The van der Waals surface area contributed by atoms with Crippen LogP contribution in [0, 0.1) is 17.3 Å². The Morgan fingerprint density at radius 2 is 2.07 bits per heavy atom. The van der Waals surface area contributed by atoms with Crippen LogP contribution in [-0.2, 0) is 7.05 Å². The van der Waals surface area contributed by atoms with E-state index in [1.54, 1.807) is 18.2 Å². The van der Waals surface area contributed by atoms with Gasteiger partial charge in [0.15, 0.2) is 0 Å². The number of amides is 1. The lowest BCUT2D eigenvalue weighted by molar-refractivity contribution is 0.0952. The summed E-state index contributed by atoms with van der Waals surface area (Å²) in [6, 6.07) is 0. The van der Waals surface area contributed by atoms with Gasteiger partial charge in [-0.3, -0.25) is 9.48 Å². The molecule has 3 aliphatic carbocycles. The Bertz CT molecular complexity index is 943. The summed E-state index contributed by atoms with van der Waals surface area (Å²) < 4.78 is 27.9. The molecule has 1 N–H and O–H groups in total. The predicted molar refractivity (Wildman–Crippen MR) is 99.4 cm³/mol. The number of rotatable bonds is 5. The second-order valence-electron chi connectivity index (χ2n) is 7.00. The van der Waals surface area contributed by atoms with Gasteiger partial charge in [0.05, 0.1) is 5.56 Å². The van der Waals surface area contributed by atoms with Crippen molar-refractivity contribution in [3.63, 3.8) is 0 Å². The Morgan fingerprint density at radius 3 is 2.63 bits per heavy atom. The van der Waals surface area contributed by atoms with Gasteiger partial charge in [0.2, 0.25) is 0 Å². The van der Waals surface area contributed by atoms with E-state index in [0.717, 1.165) is 24.0 Å². The Morgan fingerprint density at radius 1 is 1.41 bits per heavy atom. The molecule has 1 aromatic rings. The van der Waals surface area contributed by atoms with Gasteiger partial charge in [0, 0.05) is 24.4 Å². The number of aryl methyl sites for hydroxylation is 1. The minimum Gasteiger partial charge on any atom is -0.322 e. The smallest absolute Gasteiger partial charge is 0.282 e. The standard InChI is InChI=1S/C19H17Cl2F2N3O/c1-3-4-5-12(13-10-6-7-11-14(16(20)21)19(10,11)13)24-18(27)9-8-26(2)25-15(9)17(22)23/h3-5,8,10-11,17H,1,6-7H2,2H3,(H,24,27)/b5-4-,13-12-. The average Bonchev–Trinajstić information content (AvgIpc) is 3.34. The fourth-order valence-corrected chi connectivity index (χ4v) is 5.33. The van der Waals surface area contributed by atoms with E-state index < -0.39 is 18.0 Å². The lowest BCUT2D eigenvalue weighted by Gasteiger charge is -2.07. The van der Waals surface area contributed by atoms with E-state index in [1.165, 1.54) is 17.9 Å². The molecule has 142 valence electrons. The highest BCUT2D eigenvalue weighted by molar-refractivity contribution is 6.56. The maximum Gasteiger partial charge on any atom is 0.282 e. The summed E-state index contributed by atoms with van der Waals surface area (Å²) in [4.78, 5) is 12.7. The van der Waals surface area contributed by atoms with Crippen LogP contribution in [0.3, 0.4) is 0 Å². The van der Waals surface area contributed by atoms with Crippen molar-refractivity contribution >= 4 is 29.1 Å². The number of nitrogens with zero attached hydrogens (tertiary/aromatic N) is 2. The van der Waals surface area contributed by atoms with Gasteiger partial charge < -0.3 is 5.32 Å². The van der Waals surface area contributed by atoms with Crippen LogP contribution >= 0.6 is 23.2 Å². The van der Waals surface area contributed by atoms with Gasteiger partial charge in [-0.1, -0.05) is 41.9 Å². The molecule has 3 saturated carbocycles. The summed E-state index contributed by atoms with van der Waals surface area (Å²) in [6.45, 7) is 3.65. The fourth-order valence-electron chi connectivity index (χ4n) is 4.76. The zero-order valence-corrected chi connectivity index (χ0v) is 16.0. The highest BCUT2D eigenvalue weighted by Gasteiger charge is 2.82. The van der Waals surface area contributed by atoms with E-state index in [0.29, 0.717) is 22.0 Å². The highest BCUT2D eigenvalue weighted by Crippen LogP contribution is 2.89. The number of alkyl halides is 2. The molecule has 0 aromatic carbocycles. The first-order valence-corrected chi connectivity index (χ1v) is 9.32. The minimum absolute atomic E-state index is 0.139. The fraction of sp³-hybridized carbons (Fsp3) is 0.368. The first-order chi connectivity index (χ1) is 12.8. The number of aromatic nitrogens is 2. The molecule has 3 aliphatic rings. The maximum absolute atomic E-state index is 13.2. The minimum atomic E-state index is -2.83. The van der Waals surface area contributed by atoms with Crippen LogP contribution in [0.5, 0.6) is 0 Å². The van der Waals surface area contributed by atoms with E-state index in [2.05, 4.69) is 17.0 Å². The molecule has 1 spiro atoms. The monoisotopic (exact) mass is 411 g/mol. The SMILES string of the molecule is C=C/C=C\C(NC(=O)c1cn(C)nc1C(F)F)=C1/C2CCC3C(=C(Cl)Cl)C132. The first-order valence-electron chi connectivity index (χ1n) is 8.56. The van der Waals surface area contributed by atoms with E-state index in [1.807, 2.05) is 0 Å². The van der Waals surface area contributed by atoms with Gasteiger partial charge in [-0.05, 0) is 41.9 Å². The normalized spacial score (nSPS) is 29.6. The van der Waals surface area contributed by atoms with Crippen molar-refractivity contribution in [1.29, 1.82) is 0 Å². The van der Waals surface area contributed by atoms with Gasteiger partial charge in [-0.25, -0.2) is 8.78 Å². The van der Waals surface area contributed by atoms with Gasteiger partial charge in [-0.15, -0.1) is 0 Å². The Hall–Kier alpha value is -1.92. The summed E-state index contributed by atoms with van der Waals surface area (Å²) in [5, 5.41) is 6.48. The van der Waals surface area contributed by atoms with Gasteiger partial charge >= 0.3 is 0 Å². The van der Waals surface area contributed by atoms with Crippen LogP contribution in [0.2, 0.25) is 0 Å². The van der Waals surface area contributed by atoms with Crippen molar-refractivity contribution in [2.45, 2.75) is 19.3 Å². The summed E-state index contributed by atoms with van der Waals surface area (Å²) in [5.41, 5.74) is 1.89. The van der Waals surface area contributed by atoms with Crippen molar-refractivity contribution in [3.05, 3.63) is 63.6 Å². The molecule has 3 atom stereocenters. The second kappa shape index (κ2) is 6.31. The van der Waals surface area contributed by atoms with Crippen molar-refractivity contribution in [1.82, 2.24) is 15.1 Å². The number of allylic oxidation sites excluding steroid dienone is 5. The molecule has 1 heterocycles. The quantitative estimate of drug-likeness (QED) is 0.706. The molecule has 1 aromatic heterocycles. The Labute approximate surface area is 165 Å². The van der Waals surface area contributed by atoms with Crippen LogP contribution in [0.25, 0.3) is 0 Å². The molecule has 0 radical (unpaired) electrons. The molecule has 0 bridgehead atoms. The molecule has 3 unspecified atom stereocenters. The number of halogens is 4. The molecular weight excluding hydrogens is 395 g/mol. The molecule has 4 nitrogen and oxygen atoms in total. The van der Waals surface area contributed by atoms with E-state index in [9.17, 15) is 13.6 Å². The average molecular weight is 412 g/mol. The van der Waals surface area contributed by atoms with Crippen molar-refractivity contribution in [2.24, 2.45) is 24.3 Å². The molecular formula is C19H17Cl2F2N3O. The molecule has 3 fully saturated rings. The lowest BCUT2D eigenvalue weighted by Crippen LogP contribution is -2.23. The van der Waals surface area contributed by atoms with Crippen molar-refractivity contribution in [3.8, 4) is 0 Å². The van der Waals surface area contributed by atoms with E-state index in [-0.39, 0.29) is 11.0 Å². The van der Waals surface area contributed by atoms with Crippen LogP contribution in [0.1, 0.15) is 35.3 Å². The number of hydrogen-bond donors (Lipinski definition) is 1. The molecule has 0 saturated heterocycles. The lowest BCUT2D eigenvalue weighted by atomic mass is 10.1. The molecule has 27 heavy (non-hydrogen) atoms. The summed E-state index contributed by atoms with van der Waals surface area (Å²) >= 11 is 12.1. The number of nitrogens with one attached hydrogen (secondary N) is 1. The van der Waals surface area contributed by atoms with Crippen LogP contribution in [0.15, 0.2) is 52.3 Å². The predicted octanol–water partition coefficient (Wildman–Crippen LogP) is 4.81. The van der Waals surface area contributed by atoms with E-state index in [4.69, 9.17) is 23.2 Å². The van der Waals surface area contributed by atoms with Crippen LogP contribution in [0.4, 0.5) is 8.78 Å². The van der Waals surface area contributed by atoms with Crippen LogP contribution in [-0.4, -0.2) is 15.7 Å². The number of carbonyl (C=O) groups excluding carboxylic acids is 1. The van der Waals surface area contributed by atoms with E-state index >= 15 is 0 Å². The van der Waals surface area contributed by atoms with Crippen molar-refractivity contribution in [2.75, 3.05) is 0 Å². The molecule has 0 aliphatic heterocycles. The number of carbonyl (C=O) groups is 1. The largest absolute Gasteiger partial charge is 0.322 e. The Kier molecular flexibility index (Phi) is 4.31. The summed E-state index contributed by atoms with van der Waals surface area (Å²) in [6.07, 6.45) is 5.52. The summed E-state index contributed by atoms with van der Waals surface area (Å²) in [7, 11) is 1.50. The molecule has 1 amide bonds. The maximum atomic E-state index is 13.2. The third-order valence-corrected chi connectivity index (χ3v) is 6.12. The zero-order chi connectivity index (χ0) is 19.5. The highest BCUT2D eigenvalue weighted by atomic mass is 35.5. The van der Waals surface area contributed by atoms with Crippen LogP contribution < -0.4 is 5.32 Å². The molecule has 8 heteroatoms. The number of hydrogen-bond acceptors (Lipinski definition) is 2. The Balaban J connectivity index is 1.69. The third-order valence-electron chi connectivity index (χ3n) is 5.71. The second-order valence-corrected chi connectivity index (χ2v) is 7.95. The van der Waals surface area contributed by atoms with Crippen molar-refractivity contribution < 1.29 is 13.6 Å².